The Kier molecular flexibility index (Phi) is 9.59. The van der Waals surface area contributed by atoms with Gasteiger partial charge in [0.15, 0.2) is 0 Å². The first-order valence-corrected chi connectivity index (χ1v) is 23.6. The van der Waals surface area contributed by atoms with Crippen LogP contribution in [-0.2, 0) is 10.8 Å². The van der Waals surface area contributed by atoms with E-state index in [1.807, 2.05) is 0 Å². The highest BCUT2D eigenvalue weighted by atomic mass is 15.1. The lowest BCUT2D eigenvalue weighted by Gasteiger charge is -2.30. The molecular weight excluding hydrogens is 807 g/mol. The zero-order chi connectivity index (χ0) is 45.3. The summed E-state index contributed by atoms with van der Waals surface area (Å²) in [5, 5.41) is 0. The lowest BCUT2D eigenvalue weighted by molar-refractivity contribution is 0.660. The Bertz CT molecular complexity index is 3450. The summed E-state index contributed by atoms with van der Waals surface area (Å²) in [6, 6.07) is 87.4. The maximum atomic E-state index is 2.47. The summed E-state index contributed by atoms with van der Waals surface area (Å²) in [4.78, 5) is 2.47. The molecule has 0 heterocycles. The highest BCUT2D eigenvalue weighted by Crippen LogP contribution is 2.54. The summed E-state index contributed by atoms with van der Waals surface area (Å²) in [6.07, 6.45) is 0. The summed E-state index contributed by atoms with van der Waals surface area (Å²) in [5.74, 6) is 0. The number of anilines is 3. The zero-order valence-electron chi connectivity index (χ0n) is 38.5. The number of nitrogens with zero attached hydrogens (tertiary/aromatic N) is 1. The molecule has 0 amide bonds. The number of hydrogen-bond acceptors (Lipinski definition) is 1. The summed E-state index contributed by atoms with van der Waals surface area (Å²) in [5.41, 5.74) is 26.0. The van der Waals surface area contributed by atoms with Gasteiger partial charge in [-0.05, 0) is 149 Å². The van der Waals surface area contributed by atoms with E-state index in [9.17, 15) is 0 Å². The molecule has 0 saturated heterocycles. The first-order valence-electron chi connectivity index (χ1n) is 23.6. The van der Waals surface area contributed by atoms with Gasteiger partial charge >= 0.3 is 0 Å². The molecule has 0 aromatic heterocycles. The minimum Gasteiger partial charge on any atom is -0.310 e. The van der Waals surface area contributed by atoms with Crippen LogP contribution < -0.4 is 4.90 Å². The Balaban J connectivity index is 0.927. The fourth-order valence-corrected chi connectivity index (χ4v) is 10.9. The number of benzene rings is 10. The molecule has 0 saturated carbocycles. The smallest absolute Gasteiger partial charge is 0.0465 e. The first-order chi connectivity index (χ1) is 32.7. The molecule has 0 N–H and O–H groups in total. The minimum atomic E-state index is -0.208. The highest BCUT2D eigenvalue weighted by Gasteiger charge is 2.38. The van der Waals surface area contributed by atoms with Crippen LogP contribution in [-0.4, -0.2) is 0 Å². The van der Waals surface area contributed by atoms with Crippen LogP contribution in [0.4, 0.5) is 17.1 Å². The standard InChI is InChI=1S/C66H51N/c1-65(2)61-40-52(46-18-12-7-13-19-46)30-36-57(61)59-38-34-55(42-63(59)65)67(54-32-28-50(29-33-54)49-22-20-47(21-23-49)44-14-8-5-9-15-44)56-35-39-60-58-37-31-53(41-62(58)66(3,4)64(60)43-56)51-26-24-48(25-27-51)45-16-10-6-11-17-45/h5-43H,1-4H3. The van der Waals surface area contributed by atoms with E-state index in [1.165, 1.54) is 100 Å². The van der Waals surface area contributed by atoms with E-state index < -0.39 is 0 Å². The fraction of sp³-hybridized carbons (Fsp3) is 0.0909. The third kappa shape index (κ3) is 6.93. The zero-order valence-corrected chi connectivity index (χ0v) is 38.5. The monoisotopic (exact) mass is 857 g/mol. The van der Waals surface area contributed by atoms with Gasteiger partial charge in [0, 0.05) is 27.9 Å². The SMILES string of the molecule is CC1(C)c2cc(-c3ccccc3)ccc2-c2ccc(N(c3ccc(-c4ccc(-c5ccccc5)cc4)cc3)c3ccc4c(c3)C(C)(C)c3cc(-c5ccc(-c6ccccc6)cc5)ccc3-4)cc21. The van der Waals surface area contributed by atoms with Gasteiger partial charge in [0.25, 0.3) is 0 Å². The predicted octanol–water partition coefficient (Wildman–Crippen LogP) is 18.1. The van der Waals surface area contributed by atoms with Crippen molar-refractivity contribution < 1.29 is 0 Å². The number of fused-ring (bicyclic) bond motifs is 6. The highest BCUT2D eigenvalue weighted by molar-refractivity contribution is 5.90. The van der Waals surface area contributed by atoms with Crippen molar-refractivity contribution in [3.63, 3.8) is 0 Å². The molecular formula is C66H51N. The van der Waals surface area contributed by atoms with Crippen molar-refractivity contribution in [2.75, 3.05) is 4.90 Å². The maximum Gasteiger partial charge on any atom is 0.0465 e. The molecule has 12 rings (SSSR count). The van der Waals surface area contributed by atoms with Gasteiger partial charge in [-0.15, -0.1) is 0 Å². The van der Waals surface area contributed by atoms with Crippen molar-refractivity contribution >= 4 is 17.1 Å². The quantitative estimate of drug-likeness (QED) is 0.147. The van der Waals surface area contributed by atoms with Crippen LogP contribution in [0.5, 0.6) is 0 Å². The Morgan fingerprint density at radius 3 is 0.821 bits per heavy atom. The van der Waals surface area contributed by atoms with E-state index in [1.54, 1.807) is 0 Å². The lowest BCUT2D eigenvalue weighted by Crippen LogP contribution is -2.18. The fourth-order valence-electron chi connectivity index (χ4n) is 10.9. The first kappa shape index (κ1) is 40.5. The van der Waals surface area contributed by atoms with Gasteiger partial charge in [-0.1, -0.05) is 216 Å². The Morgan fingerprint density at radius 1 is 0.224 bits per heavy atom. The van der Waals surface area contributed by atoms with Crippen molar-refractivity contribution in [2.24, 2.45) is 0 Å². The van der Waals surface area contributed by atoms with Gasteiger partial charge < -0.3 is 4.90 Å². The van der Waals surface area contributed by atoms with E-state index in [4.69, 9.17) is 0 Å². The van der Waals surface area contributed by atoms with Crippen LogP contribution in [0.15, 0.2) is 237 Å². The predicted molar refractivity (Wildman–Crippen MR) is 283 cm³/mol. The summed E-state index contributed by atoms with van der Waals surface area (Å²) < 4.78 is 0. The molecule has 1 nitrogen and oxygen atoms in total. The molecule has 1 heteroatoms. The van der Waals surface area contributed by atoms with Gasteiger partial charge in [0.05, 0.1) is 0 Å². The van der Waals surface area contributed by atoms with Crippen LogP contribution >= 0.6 is 0 Å². The average Bonchev–Trinajstić information content (AvgIpc) is 3.75. The molecule has 10 aromatic carbocycles. The van der Waals surface area contributed by atoms with Crippen molar-refractivity contribution in [1.82, 2.24) is 0 Å². The third-order valence-corrected chi connectivity index (χ3v) is 14.7. The molecule has 0 fully saturated rings. The van der Waals surface area contributed by atoms with Crippen molar-refractivity contribution in [3.8, 4) is 77.9 Å². The largest absolute Gasteiger partial charge is 0.310 e. The molecule has 0 bridgehead atoms. The second-order valence-electron chi connectivity index (χ2n) is 19.4. The van der Waals surface area contributed by atoms with Gasteiger partial charge in [0.2, 0.25) is 0 Å². The second-order valence-corrected chi connectivity index (χ2v) is 19.4. The third-order valence-electron chi connectivity index (χ3n) is 14.7. The Morgan fingerprint density at radius 2 is 0.463 bits per heavy atom. The maximum absolute atomic E-state index is 2.47. The summed E-state index contributed by atoms with van der Waals surface area (Å²) >= 11 is 0. The summed E-state index contributed by atoms with van der Waals surface area (Å²) in [6.45, 7) is 9.56. The van der Waals surface area contributed by atoms with Crippen LogP contribution in [0.3, 0.4) is 0 Å². The Hall–Kier alpha value is -8.00. The van der Waals surface area contributed by atoms with Gasteiger partial charge in [-0.3, -0.25) is 0 Å². The van der Waals surface area contributed by atoms with Gasteiger partial charge in [-0.2, -0.15) is 0 Å². The van der Waals surface area contributed by atoms with E-state index in [-0.39, 0.29) is 10.8 Å². The molecule has 2 aliphatic rings. The van der Waals surface area contributed by atoms with Gasteiger partial charge in [-0.25, -0.2) is 0 Å². The molecule has 0 aliphatic heterocycles. The average molecular weight is 858 g/mol. The molecule has 0 radical (unpaired) electrons. The van der Waals surface area contributed by atoms with Crippen LogP contribution in [0.25, 0.3) is 77.9 Å². The van der Waals surface area contributed by atoms with E-state index in [0.29, 0.717) is 0 Å². The van der Waals surface area contributed by atoms with Crippen molar-refractivity contribution in [2.45, 2.75) is 38.5 Å². The number of hydrogen-bond donors (Lipinski definition) is 0. The van der Waals surface area contributed by atoms with Gasteiger partial charge in [0.1, 0.15) is 0 Å². The molecule has 67 heavy (non-hydrogen) atoms. The van der Waals surface area contributed by atoms with E-state index in [2.05, 4.69) is 269 Å². The Labute approximate surface area is 395 Å². The molecule has 320 valence electrons. The normalized spacial score (nSPS) is 13.6. The lowest BCUT2D eigenvalue weighted by atomic mass is 9.81. The number of rotatable bonds is 8. The van der Waals surface area contributed by atoms with Crippen molar-refractivity contribution in [1.29, 1.82) is 0 Å². The second kappa shape index (κ2) is 15.9. The molecule has 10 aromatic rings. The van der Waals surface area contributed by atoms with Crippen molar-refractivity contribution in [3.05, 3.63) is 259 Å². The minimum absolute atomic E-state index is 0.186. The van der Waals surface area contributed by atoms with Crippen LogP contribution in [0.1, 0.15) is 49.9 Å². The summed E-state index contributed by atoms with van der Waals surface area (Å²) in [7, 11) is 0. The molecule has 0 atom stereocenters. The topological polar surface area (TPSA) is 3.24 Å². The van der Waals surface area contributed by atoms with Crippen LogP contribution in [0.2, 0.25) is 0 Å². The van der Waals surface area contributed by atoms with Crippen LogP contribution in [0, 0.1) is 0 Å². The molecule has 0 unspecified atom stereocenters. The molecule has 2 aliphatic carbocycles. The van der Waals surface area contributed by atoms with E-state index in [0.717, 1.165) is 17.1 Å². The van der Waals surface area contributed by atoms with E-state index >= 15 is 0 Å². The molecule has 0 spiro atoms.